The molecule has 1 saturated carbocycles. The van der Waals surface area contributed by atoms with Gasteiger partial charge in [-0.2, -0.15) is 0 Å². The average Bonchev–Trinajstić information content (AvgIpc) is 2.70. The predicted octanol–water partition coefficient (Wildman–Crippen LogP) is 5.18. The molecular weight excluding hydrogens is 332 g/mol. The Morgan fingerprint density at radius 1 is 1.11 bits per heavy atom. The monoisotopic (exact) mass is 362 g/mol. The van der Waals surface area contributed by atoms with E-state index in [2.05, 4.69) is 60.1 Å². The summed E-state index contributed by atoms with van der Waals surface area (Å²) in [6, 6.07) is 18.3. The van der Waals surface area contributed by atoms with Crippen molar-refractivity contribution in [3.8, 4) is 0 Å². The van der Waals surface area contributed by atoms with Gasteiger partial charge in [-0.25, -0.2) is 0 Å². The summed E-state index contributed by atoms with van der Waals surface area (Å²) >= 11 is 0. The topological polar surface area (TPSA) is 32.3 Å². The zero-order valence-electron chi connectivity index (χ0n) is 16.2. The SMILES string of the molecule is C=CCN(c1ccccc1)C(C(=O)NC1CCCCC1)c1ccc(C)cc1. The molecule has 1 aliphatic rings. The highest BCUT2D eigenvalue weighted by atomic mass is 16.2. The molecular formula is C24H30N2O. The molecule has 1 fully saturated rings. The fraction of sp³-hybridized carbons (Fsp3) is 0.375. The van der Waals surface area contributed by atoms with Crippen molar-refractivity contribution in [2.24, 2.45) is 0 Å². The molecule has 3 heteroatoms. The Morgan fingerprint density at radius 3 is 2.41 bits per heavy atom. The van der Waals surface area contributed by atoms with Gasteiger partial charge in [0.15, 0.2) is 0 Å². The second-order valence-corrected chi connectivity index (χ2v) is 7.43. The maximum atomic E-state index is 13.4. The van der Waals surface area contributed by atoms with Gasteiger partial charge in [0.1, 0.15) is 6.04 Å². The van der Waals surface area contributed by atoms with Crippen molar-refractivity contribution in [2.45, 2.75) is 51.1 Å². The van der Waals surface area contributed by atoms with Gasteiger partial charge in [0.2, 0.25) is 5.91 Å². The second kappa shape index (κ2) is 9.40. The van der Waals surface area contributed by atoms with E-state index < -0.39 is 0 Å². The fourth-order valence-corrected chi connectivity index (χ4v) is 3.87. The van der Waals surface area contributed by atoms with Crippen LogP contribution in [-0.4, -0.2) is 18.5 Å². The number of benzene rings is 2. The molecule has 3 nitrogen and oxygen atoms in total. The lowest BCUT2D eigenvalue weighted by atomic mass is 9.94. The van der Waals surface area contributed by atoms with Gasteiger partial charge in [-0.3, -0.25) is 4.79 Å². The van der Waals surface area contributed by atoms with Crippen molar-refractivity contribution in [3.63, 3.8) is 0 Å². The molecule has 142 valence electrons. The van der Waals surface area contributed by atoms with Crippen LogP contribution in [0.1, 0.15) is 49.3 Å². The number of para-hydroxylation sites is 1. The van der Waals surface area contributed by atoms with Gasteiger partial charge in [0, 0.05) is 18.3 Å². The molecule has 1 atom stereocenters. The van der Waals surface area contributed by atoms with E-state index >= 15 is 0 Å². The number of aryl methyl sites for hydroxylation is 1. The Kier molecular flexibility index (Phi) is 6.69. The second-order valence-electron chi connectivity index (χ2n) is 7.43. The Balaban J connectivity index is 1.93. The van der Waals surface area contributed by atoms with Crippen molar-refractivity contribution in [3.05, 3.63) is 78.4 Å². The lowest BCUT2D eigenvalue weighted by molar-refractivity contribution is -0.123. The molecule has 1 amide bonds. The van der Waals surface area contributed by atoms with E-state index in [1.54, 1.807) is 0 Å². The van der Waals surface area contributed by atoms with Gasteiger partial charge >= 0.3 is 0 Å². The summed E-state index contributed by atoms with van der Waals surface area (Å²) in [5.41, 5.74) is 3.24. The first-order valence-corrected chi connectivity index (χ1v) is 9.98. The summed E-state index contributed by atoms with van der Waals surface area (Å²) < 4.78 is 0. The first-order chi connectivity index (χ1) is 13.2. The zero-order chi connectivity index (χ0) is 19.1. The van der Waals surface area contributed by atoms with Crippen LogP contribution in [0.5, 0.6) is 0 Å². The minimum absolute atomic E-state index is 0.0801. The Bertz CT molecular complexity index is 733. The minimum Gasteiger partial charge on any atom is -0.352 e. The summed E-state index contributed by atoms with van der Waals surface area (Å²) in [5.74, 6) is 0.0801. The van der Waals surface area contributed by atoms with Crippen molar-refractivity contribution < 1.29 is 4.79 Å². The smallest absolute Gasteiger partial charge is 0.247 e. The molecule has 0 heterocycles. The van der Waals surface area contributed by atoms with Crippen LogP contribution in [0.15, 0.2) is 67.3 Å². The van der Waals surface area contributed by atoms with Crippen molar-refractivity contribution in [1.29, 1.82) is 0 Å². The van der Waals surface area contributed by atoms with Crippen molar-refractivity contribution in [1.82, 2.24) is 5.32 Å². The van der Waals surface area contributed by atoms with Crippen LogP contribution in [0.4, 0.5) is 5.69 Å². The number of carbonyl (C=O) groups excluding carboxylic acids is 1. The maximum Gasteiger partial charge on any atom is 0.247 e. The number of rotatable bonds is 7. The maximum absolute atomic E-state index is 13.4. The molecule has 2 aromatic rings. The number of carbonyl (C=O) groups is 1. The number of amides is 1. The number of hydrogen-bond donors (Lipinski definition) is 1. The van der Waals surface area contributed by atoms with Gasteiger partial charge in [-0.15, -0.1) is 6.58 Å². The van der Waals surface area contributed by atoms with Gasteiger partial charge in [-0.1, -0.05) is 73.4 Å². The molecule has 1 unspecified atom stereocenters. The van der Waals surface area contributed by atoms with Crippen LogP contribution in [-0.2, 0) is 4.79 Å². The predicted molar refractivity (Wildman–Crippen MR) is 113 cm³/mol. The standard InChI is InChI=1S/C24H30N2O/c1-3-18-26(22-12-8-5-9-13-22)23(20-16-14-19(2)15-17-20)24(27)25-21-10-6-4-7-11-21/h3,5,8-9,12-17,21,23H,1,4,6-7,10-11,18H2,2H3,(H,25,27). The Hall–Kier alpha value is -2.55. The van der Waals surface area contributed by atoms with Gasteiger partial charge in [0.25, 0.3) is 0 Å². The number of nitrogens with zero attached hydrogens (tertiary/aromatic N) is 1. The Labute approximate surface area is 163 Å². The van der Waals surface area contributed by atoms with E-state index in [1.165, 1.54) is 24.8 Å². The first-order valence-electron chi connectivity index (χ1n) is 9.98. The van der Waals surface area contributed by atoms with Gasteiger partial charge in [0.05, 0.1) is 0 Å². The van der Waals surface area contributed by atoms with E-state index in [-0.39, 0.29) is 11.9 Å². The summed E-state index contributed by atoms with van der Waals surface area (Å²) in [4.78, 5) is 15.5. The van der Waals surface area contributed by atoms with Gasteiger partial charge in [-0.05, 0) is 37.5 Å². The molecule has 27 heavy (non-hydrogen) atoms. The highest BCUT2D eigenvalue weighted by Crippen LogP contribution is 2.29. The number of anilines is 1. The summed E-state index contributed by atoms with van der Waals surface area (Å²) in [5, 5.41) is 3.33. The molecule has 0 spiro atoms. The van der Waals surface area contributed by atoms with E-state index in [9.17, 15) is 4.79 Å². The molecule has 1 N–H and O–H groups in total. The van der Waals surface area contributed by atoms with Crippen LogP contribution < -0.4 is 10.2 Å². The van der Waals surface area contributed by atoms with Gasteiger partial charge < -0.3 is 10.2 Å². The first kappa shape index (κ1) is 19.2. The molecule has 0 saturated heterocycles. The summed E-state index contributed by atoms with van der Waals surface area (Å²) in [6.45, 7) is 6.60. The molecule has 2 aromatic carbocycles. The molecule has 0 bridgehead atoms. The third-order valence-electron chi connectivity index (χ3n) is 5.32. The van der Waals surface area contributed by atoms with Crippen LogP contribution in [0.2, 0.25) is 0 Å². The van der Waals surface area contributed by atoms with Crippen molar-refractivity contribution >= 4 is 11.6 Å². The zero-order valence-corrected chi connectivity index (χ0v) is 16.2. The lowest BCUT2D eigenvalue weighted by Crippen LogP contribution is -2.45. The summed E-state index contributed by atoms with van der Waals surface area (Å²) in [7, 11) is 0. The normalized spacial score (nSPS) is 15.7. The fourth-order valence-electron chi connectivity index (χ4n) is 3.87. The number of hydrogen-bond acceptors (Lipinski definition) is 2. The van der Waals surface area contributed by atoms with E-state index in [0.717, 1.165) is 24.1 Å². The highest BCUT2D eigenvalue weighted by molar-refractivity contribution is 5.87. The number of nitrogens with one attached hydrogen (secondary N) is 1. The third-order valence-corrected chi connectivity index (χ3v) is 5.32. The quantitative estimate of drug-likeness (QED) is 0.689. The van der Waals surface area contributed by atoms with Crippen LogP contribution in [0, 0.1) is 6.92 Å². The lowest BCUT2D eigenvalue weighted by Gasteiger charge is -2.34. The average molecular weight is 363 g/mol. The third kappa shape index (κ3) is 5.00. The van der Waals surface area contributed by atoms with Crippen LogP contribution in [0.25, 0.3) is 0 Å². The molecule has 1 aliphatic carbocycles. The molecule has 0 aliphatic heterocycles. The molecule has 0 aromatic heterocycles. The van der Waals surface area contributed by atoms with E-state index in [1.807, 2.05) is 24.3 Å². The van der Waals surface area contributed by atoms with E-state index in [0.29, 0.717) is 12.6 Å². The van der Waals surface area contributed by atoms with E-state index in [4.69, 9.17) is 0 Å². The molecule has 0 radical (unpaired) electrons. The minimum atomic E-state index is -0.368. The Morgan fingerprint density at radius 2 is 1.78 bits per heavy atom. The van der Waals surface area contributed by atoms with Crippen LogP contribution >= 0.6 is 0 Å². The van der Waals surface area contributed by atoms with Crippen molar-refractivity contribution in [2.75, 3.05) is 11.4 Å². The largest absolute Gasteiger partial charge is 0.352 e. The highest BCUT2D eigenvalue weighted by Gasteiger charge is 2.29. The van der Waals surface area contributed by atoms with Crippen LogP contribution in [0.3, 0.4) is 0 Å². The molecule has 3 rings (SSSR count). The summed E-state index contributed by atoms with van der Waals surface area (Å²) in [6.07, 6.45) is 7.71.